The van der Waals surface area contributed by atoms with Gasteiger partial charge in [0.25, 0.3) is 0 Å². The summed E-state index contributed by atoms with van der Waals surface area (Å²) in [7, 11) is 1.58. The van der Waals surface area contributed by atoms with Crippen molar-refractivity contribution >= 4 is 28.7 Å². The predicted octanol–water partition coefficient (Wildman–Crippen LogP) is 3.58. The lowest BCUT2D eigenvalue weighted by molar-refractivity contribution is -0.129. The Labute approximate surface area is 174 Å². The minimum atomic E-state index is -0.475. The molecule has 3 rings (SSSR count). The molecule has 1 unspecified atom stereocenters. The van der Waals surface area contributed by atoms with Crippen molar-refractivity contribution < 1.29 is 19.1 Å². The van der Waals surface area contributed by atoms with Crippen LogP contribution in [0.15, 0.2) is 47.6 Å². The van der Waals surface area contributed by atoms with Crippen molar-refractivity contribution in [2.75, 3.05) is 7.11 Å². The summed E-state index contributed by atoms with van der Waals surface area (Å²) in [6, 6.07) is 13.5. The molecule has 0 spiro atoms. The van der Waals surface area contributed by atoms with E-state index in [4.69, 9.17) is 9.47 Å². The molecule has 8 heteroatoms. The van der Waals surface area contributed by atoms with Gasteiger partial charge in [-0.1, -0.05) is 41.6 Å². The van der Waals surface area contributed by atoms with Gasteiger partial charge in [0.15, 0.2) is 5.17 Å². The quantitative estimate of drug-likeness (QED) is 0.810. The largest absolute Gasteiger partial charge is 0.497 e. The fourth-order valence-corrected chi connectivity index (χ4v) is 4.06. The number of carbonyl (C=O) groups excluding carboxylic acids is 2. The first-order valence-electron chi connectivity index (χ1n) is 9.06. The Kier molecular flexibility index (Phi) is 6.43. The number of ether oxygens (including phenoxy) is 2. The lowest BCUT2D eigenvalue weighted by Crippen LogP contribution is -2.25. The second-order valence-electron chi connectivity index (χ2n) is 6.60. The van der Waals surface area contributed by atoms with Gasteiger partial charge < -0.3 is 14.8 Å². The van der Waals surface area contributed by atoms with Gasteiger partial charge >= 0.3 is 0 Å². The number of benzene rings is 2. The summed E-state index contributed by atoms with van der Waals surface area (Å²) < 4.78 is 11.4. The van der Waals surface area contributed by atoms with Crippen LogP contribution in [-0.4, -0.2) is 29.1 Å². The van der Waals surface area contributed by atoms with E-state index in [1.54, 1.807) is 7.11 Å². The molecule has 7 nitrogen and oxygen atoms in total. The third kappa shape index (κ3) is 5.08. The van der Waals surface area contributed by atoms with Crippen LogP contribution in [0.5, 0.6) is 11.5 Å². The summed E-state index contributed by atoms with van der Waals surface area (Å²) in [4.78, 5) is 23.6. The fourth-order valence-electron chi connectivity index (χ4n) is 2.91. The van der Waals surface area contributed by atoms with Gasteiger partial charge in [-0.15, -0.1) is 5.10 Å². The van der Waals surface area contributed by atoms with Crippen molar-refractivity contribution in [1.29, 1.82) is 0 Å². The Morgan fingerprint density at radius 2 is 2.00 bits per heavy atom. The maximum Gasteiger partial charge on any atom is 0.241 e. The molecule has 29 heavy (non-hydrogen) atoms. The molecule has 1 aliphatic rings. The summed E-state index contributed by atoms with van der Waals surface area (Å²) >= 11 is 1.27. The highest BCUT2D eigenvalue weighted by atomic mass is 32.2. The number of methoxy groups -OCH3 is 1. The Morgan fingerprint density at radius 3 is 2.66 bits per heavy atom. The monoisotopic (exact) mass is 413 g/mol. The van der Waals surface area contributed by atoms with Crippen LogP contribution in [0.25, 0.3) is 0 Å². The molecule has 0 bridgehead atoms. The maximum absolute atomic E-state index is 12.2. The van der Waals surface area contributed by atoms with Gasteiger partial charge in [0.2, 0.25) is 11.8 Å². The van der Waals surface area contributed by atoms with E-state index in [-0.39, 0.29) is 11.8 Å². The zero-order valence-corrected chi connectivity index (χ0v) is 17.6. The molecule has 1 aliphatic heterocycles. The number of nitrogens with one attached hydrogen (secondary N) is 1. The van der Waals surface area contributed by atoms with E-state index in [1.165, 1.54) is 30.6 Å². The molecule has 0 aliphatic carbocycles. The number of aryl methyl sites for hydroxylation is 1. The van der Waals surface area contributed by atoms with Crippen LogP contribution in [0.3, 0.4) is 0 Å². The summed E-state index contributed by atoms with van der Waals surface area (Å²) in [6.07, 6.45) is 0. The van der Waals surface area contributed by atoms with Gasteiger partial charge in [0, 0.05) is 19.4 Å². The number of carbonyl (C=O) groups is 2. The summed E-state index contributed by atoms with van der Waals surface area (Å²) in [5.74, 6) is 0.771. The highest BCUT2D eigenvalue weighted by Crippen LogP contribution is 2.44. The minimum absolute atomic E-state index is 0.240. The number of amidine groups is 1. The third-order valence-corrected chi connectivity index (χ3v) is 5.29. The van der Waals surface area contributed by atoms with Gasteiger partial charge in [0.05, 0.1) is 7.11 Å². The van der Waals surface area contributed by atoms with Crippen molar-refractivity contribution in [2.24, 2.45) is 5.10 Å². The lowest BCUT2D eigenvalue weighted by atomic mass is 10.1. The molecule has 152 valence electrons. The molecule has 1 atom stereocenters. The molecule has 0 aromatic heterocycles. The number of amides is 2. The minimum Gasteiger partial charge on any atom is -0.497 e. The zero-order valence-electron chi connectivity index (χ0n) is 16.8. The molecule has 0 saturated carbocycles. The average molecular weight is 413 g/mol. The van der Waals surface area contributed by atoms with Crippen molar-refractivity contribution in [2.45, 2.75) is 32.8 Å². The molecule has 0 saturated heterocycles. The molecular formula is C21H23N3O4S. The van der Waals surface area contributed by atoms with Crippen molar-refractivity contribution in [3.8, 4) is 11.5 Å². The van der Waals surface area contributed by atoms with Crippen molar-refractivity contribution in [3.63, 3.8) is 0 Å². The highest BCUT2D eigenvalue weighted by molar-refractivity contribution is 8.14. The number of hydrogen-bond donors (Lipinski definition) is 1. The van der Waals surface area contributed by atoms with E-state index in [9.17, 15) is 9.59 Å². The van der Waals surface area contributed by atoms with Crippen LogP contribution in [0.2, 0.25) is 0 Å². The average Bonchev–Trinajstić information content (AvgIpc) is 3.09. The molecule has 0 radical (unpaired) electrons. The number of thioether (sulfide) groups is 1. The summed E-state index contributed by atoms with van der Waals surface area (Å²) in [5.41, 5.74) is 2.94. The zero-order chi connectivity index (χ0) is 21.0. The SMILES string of the molecule is COc1ccc(OCc2cccc(C)c2)c(C2SC(NC(C)=O)=NN2C(C)=O)c1. The maximum atomic E-state index is 12.2. The van der Waals surface area contributed by atoms with E-state index < -0.39 is 5.37 Å². The molecule has 2 amide bonds. The molecule has 2 aromatic carbocycles. The number of rotatable bonds is 5. The fraction of sp³-hybridized carbons (Fsp3) is 0.286. The van der Waals surface area contributed by atoms with Crippen LogP contribution in [0.4, 0.5) is 0 Å². The first-order valence-corrected chi connectivity index (χ1v) is 9.94. The van der Waals surface area contributed by atoms with Gasteiger partial charge in [-0.25, -0.2) is 5.01 Å². The smallest absolute Gasteiger partial charge is 0.241 e. The molecule has 1 heterocycles. The first kappa shape index (κ1) is 20.7. The number of hydrogen-bond acceptors (Lipinski definition) is 6. The Hall–Kier alpha value is -3.00. The topological polar surface area (TPSA) is 80.2 Å². The first-order chi connectivity index (χ1) is 13.9. The Bertz CT molecular complexity index is 961. The van der Waals surface area contributed by atoms with E-state index in [2.05, 4.69) is 16.5 Å². The standard InChI is InChI=1S/C21H23N3O4S/c1-13-6-5-7-16(10-13)12-28-19-9-8-17(27-4)11-18(19)20-24(15(3)26)23-21(29-20)22-14(2)25/h5-11,20H,12H2,1-4H3,(H,22,23,25). The van der Waals surface area contributed by atoms with Gasteiger partial charge in [-0.05, 0) is 30.7 Å². The normalized spacial score (nSPS) is 15.7. The van der Waals surface area contributed by atoms with Crippen LogP contribution < -0.4 is 14.8 Å². The van der Waals surface area contributed by atoms with E-state index in [0.29, 0.717) is 23.3 Å². The number of hydrazone groups is 1. The summed E-state index contributed by atoms with van der Waals surface area (Å²) in [5, 5.41) is 8.12. The van der Waals surface area contributed by atoms with Crippen molar-refractivity contribution in [3.05, 3.63) is 59.2 Å². The van der Waals surface area contributed by atoms with E-state index in [1.807, 2.05) is 43.3 Å². The molecule has 1 N–H and O–H groups in total. The third-order valence-electron chi connectivity index (χ3n) is 4.21. The van der Waals surface area contributed by atoms with Gasteiger partial charge in [0.1, 0.15) is 23.5 Å². The Balaban J connectivity index is 1.90. The van der Waals surface area contributed by atoms with Crippen molar-refractivity contribution in [1.82, 2.24) is 10.3 Å². The van der Waals surface area contributed by atoms with Crippen LogP contribution in [-0.2, 0) is 16.2 Å². The number of nitrogens with zero attached hydrogens (tertiary/aromatic N) is 2. The molecule has 0 fully saturated rings. The van der Waals surface area contributed by atoms with E-state index in [0.717, 1.165) is 16.7 Å². The second kappa shape index (κ2) is 9.00. The second-order valence-corrected chi connectivity index (χ2v) is 7.67. The van der Waals surface area contributed by atoms with Gasteiger partial charge in [-0.2, -0.15) is 0 Å². The van der Waals surface area contributed by atoms with Crippen LogP contribution >= 0.6 is 11.8 Å². The van der Waals surface area contributed by atoms with Crippen LogP contribution in [0, 0.1) is 6.92 Å². The van der Waals surface area contributed by atoms with Gasteiger partial charge in [-0.3, -0.25) is 9.59 Å². The lowest BCUT2D eigenvalue weighted by Gasteiger charge is -2.22. The Morgan fingerprint density at radius 1 is 1.21 bits per heavy atom. The summed E-state index contributed by atoms with van der Waals surface area (Å²) in [6.45, 7) is 5.25. The highest BCUT2D eigenvalue weighted by Gasteiger charge is 2.34. The molecule has 2 aromatic rings. The van der Waals surface area contributed by atoms with Crippen LogP contribution in [0.1, 0.15) is 35.9 Å². The predicted molar refractivity (Wildman–Crippen MR) is 113 cm³/mol. The molecular weight excluding hydrogens is 390 g/mol. The van der Waals surface area contributed by atoms with E-state index >= 15 is 0 Å².